The number of ether oxygens (including phenoxy) is 1. The van der Waals surface area contributed by atoms with Gasteiger partial charge >= 0.3 is 0 Å². The maximum atomic E-state index is 5.77. The first-order valence-electron chi connectivity index (χ1n) is 8.56. The van der Waals surface area contributed by atoms with Crippen LogP contribution in [0.25, 0.3) is 0 Å². The summed E-state index contributed by atoms with van der Waals surface area (Å²) in [6, 6.07) is 7.11. The molecule has 1 fully saturated rings. The summed E-state index contributed by atoms with van der Waals surface area (Å²) in [4.78, 5) is 0. The minimum absolute atomic E-state index is 0.456. The quantitative estimate of drug-likeness (QED) is 0.623. The first-order chi connectivity index (χ1) is 10.3. The summed E-state index contributed by atoms with van der Waals surface area (Å²) in [5, 5.41) is 0. The second-order valence-corrected chi connectivity index (χ2v) is 6.68. The summed E-state index contributed by atoms with van der Waals surface area (Å²) in [5.74, 6) is 7.74. The van der Waals surface area contributed by atoms with Gasteiger partial charge in [-0.05, 0) is 42.4 Å². The molecule has 3 N–H and O–H groups in total. The summed E-state index contributed by atoms with van der Waals surface area (Å²) in [7, 11) is 0. The lowest BCUT2D eigenvalue weighted by Gasteiger charge is -2.26. The van der Waals surface area contributed by atoms with Gasteiger partial charge in [-0.3, -0.25) is 11.3 Å². The molecule has 3 rings (SSSR count). The highest BCUT2D eigenvalue weighted by Crippen LogP contribution is 2.29. The van der Waals surface area contributed by atoms with Crippen LogP contribution >= 0.6 is 0 Å². The average molecular weight is 288 g/mol. The van der Waals surface area contributed by atoms with Crippen molar-refractivity contribution >= 4 is 0 Å². The maximum absolute atomic E-state index is 5.77. The summed E-state index contributed by atoms with van der Waals surface area (Å²) >= 11 is 0. The van der Waals surface area contributed by atoms with Gasteiger partial charge in [-0.25, -0.2) is 0 Å². The van der Waals surface area contributed by atoms with Gasteiger partial charge in [0, 0.05) is 12.5 Å². The van der Waals surface area contributed by atoms with Gasteiger partial charge in [0.05, 0.1) is 6.61 Å². The molecule has 21 heavy (non-hydrogen) atoms. The molecule has 2 aliphatic rings. The zero-order valence-corrected chi connectivity index (χ0v) is 12.9. The highest BCUT2D eigenvalue weighted by atomic mass is 16.5. The Morgan fingerprint density at radius 1 is 1.24 bits per heavy atom. The van der Waals surface area contributed by atoms with Crippen LogP contribution in [0, 0.1) is 5.92 Å². The van der Waals surface area contributed by atoms with Crippen LogP contribution in [0.3, 0.4) is 0 Å². The summed E-state index contributed by atoms with van der Waals surface area (Å²) in [6.45, 7) is 0.841. The Balaban J connectivity index is 1.50. The zero-order chi connectivity index (χ0) is 14.5. The van der Waals surface area contributed by atoms with Crippen LogP contribution < -0.4 is 16.0 Å². The SMILES string of the molecule is NNC(CCc1ccc2c(c1)CCO2)CC1CCCCC1. The van der Waals surface area contributed by atoms with E-state index in [1.165, 1.54) is 49.7 Å². The Bertz CT molecular complexity index is 455. The van der Waals surface area contributed by atoms with Gasteiger partial charge in [0.1, 0.15) is 5.75 Å². The first kappa shape index (κ1) is 14.9. The smallest absolute Gasteiger partial charge is 0.122 e. The van der Waals surface area contributed by atoms with Gasteiger partial charge < -0.3 is 4.74 Å². The summed E-state index contributed by atoms with van der Waals surface area (Å²) in [5.41, 5.74) is 5.84. The molecule has 1 aliphatic carbocycles. The van der Waals surface area contributed by atoms with Crippen molar-refractivity contribution in [1.29, 1.82) is 0 Å². The van der Waals surface area contributed by atoms with Crippen molar-refractivity contribution in [1.82, 2.24) is 5.43 Å². The van der Waals surface area contributed by atoms with E-state index in [-0.39, 0.29) is 0 Å². The van der Waals surface area contributed by atoms with E-state index in [1.807, 2.05) is 0 Å². The Morgan fingerprint density at radius 3 is 2.90 bits per heavy atom. The number of nitrogens with two attached hydrogens (primary N) is 1. The molecule has 0 radical (unpaired) electrons. The molecule has 1 aromatic rings. The summed E-state index contributed by atoms with van der Waals surface area (Å²) < 4.78 is 5.57. The van der Waals surface area contributed by atoms with E-state index in [9.17, 15) is 0 Å². The van der Waals surface area contributed by atoms with Crippen molar-refractivity contribution in [3.05, 3.63) is 29.3 Å². The number of hydrogen-bond acceptors (Lipinski definition) is 3. The molecule has 1 aliphatic heterocycles. The molecule has 0 aromatic heterocycles. The minimum atomic E-state index is 0.456. The van der Waals surface area contributed by atoms with Crippen LogP contribution in [0.1, 0.15) is 56.1 Å². The highest BCUT2D eigenvalue weighted by molar-refractivity contribution is 5.39. The lowest BCUT2D eigenvalue weighted by molar-refractivity contribution is 0.292. The van der Waals surface area contributed by atoms with E-state index >= 15 is 0 Å². The van der Waals surface area contributed by atoms with E-state index < -0.39 is 0 Å². The van der Waals surface area contributed by atoms with E-state index in [2.05, 4.69) is 23.6 Å². The van der Waals surface area contributed by atoms with E-state index in [0.717, 1.165) is 37.5 Å². The molecule has 1 aromatic carbocycles. The van der Waals surface area contributed by atoms with E-state index in [1.54, 1.807) is 0 Å². The monoisotopic (exact) mass is 288 g/mol. The zero-order valence-electron chi connectivity index (χ0n) is 12.9. The molecule has 1 saturated carbocycles. The van der Waals surface area contributed by atoms with Crippen molar-refractivity contribution in [2.45, 2.75) is 63.8 Å². The Labute approximate surface area is 128 Å². The molecule has 116 valence electrons. The average Bonchev–Trinajstić information content (AvgIpc) is 3.00. The second-order valence-electron chi connectivity index (χ2n) is 6.68. The fraction of sp³-hybridized carbons (Fsp3) is 0.667. The van der Waals surface area contributed by atoms with E-state index in [4.69, 9.17) is 10.6 Å². The Morgan fingerprint density at radius 2 is 2.10 bits per heavy atom. The molecule has 1 heterocycles. The molecule has 0 saturated heterocycles. The maximum Gasteiger partial charge on any atom is 0.122 e. The fourth-order valence-electron chi connectivity index (χ4n) is 3.83. The number of hydrogen-bond donors (Lipinski definition) is 2. The Kier molecular flexibility index (Phi) is 5.15. The molecule has 3 heteroatoms. The molecule has 1 unspecified atom stereocenters. The number of aryl methyl sites for hydroxylation is 1. The van der Waals surface area contributed by atoms with Crippen molar-refractivity contribution < 1.29 is 4.74 Å². The van der Waals surface area contributed by atoms with Gasteiger partial charge in [0.2, 0.25) is 0 Å². The van der Waals surface area contributed by atoms with Crippen molar-refractivity contribution in [2.75, 3.05) is 6.61 Å². The molecule has 1 atom stereocenters. The third-order valence-electron chi connectivity index (χ3n) is 5.11. The summed E-state index contributed by atoms with van der Waals surface area (Å²) in [6.07, 6.45) is 11.6. The third-order valence-corrected chi connectivity index (χ3v) is 5.11. The second kappa shape index (κ2) is 7.28. The highest BCUT2D eigenvalue weighted by Gasteiger charge is 2.18. The van der Waals surface area contributed by atoms with Crippen molar-refractivity contribution in [2.24, 2.45) is 11.8 Å². The van der Waals surface area contributed by atoms with Crippen LogP contribution in [0.4, 0.5) is 0 Å². The number of nitrogens with one attached hydrogen (secondary N) is 1. The van der Waals surface area contributed by atoms with Crippen molar-refractivity contribution in [3.8, 4) is 5.75 Å². The van der Waals surface area contributed by atoms with Gasteiger partial charge in [-0.2, -0.15) is 0 Å². The normalized spacial score (nSPS) is 20.0. The number of hydrazine groups is 1. The number of rotatable bonds is 6. The van der Waals surface area contributed by atoms with Crippen LogP contribution in [-0.4, -0.2) is 12.6 Å². The van der Waals surface area contributed by atoms with Crippen LogP contribution in [-0.2, 0) is 12.8 Å². The van der Waals surface area contributed by atoms with Crippen LogP contribution in [0.15, 0.2) is 18.2 Å². The van der Waals surface area contributed by atoms with Gasteiger partial charge in [-0.1, -0.05) is 44.2 Å². The lowest BCUT2D eigenvalue weighted by Crippen LogP contribution is -2.37. The standard InChI is InChI=1S/C18H28N2O/c19-20-17(13-14-4-2-1-3-5-14)8-6-15-7-9-18-16(12-15)10-11-21-18/h7,9,12,14,17,20H,1-6,8,10-11,13,19H2. The predicted octanol–water partition coefficient (Wildman–Crippen LogP) is 3.36. The minimum Gasteiger partial charge on any atom is -0.493 e. The van der Waals surface area contributed by atoms with Crippen LogP contribution in [0.5, 0.6) is 5.75 Å². The van der Waals surface area contributed by atoms with Gasteiger partial charge in [0.15, 0.2) is 0 Å². The molecule has 0 spiro atoms. The predicted molar refractivity (Wildman–Crippen MR) is 86.3 cm³/mol. The lowest BCUT2D eigenvalue weighted by atomic mass is 9.84. The third kappa shape index (κ3) is 3.98. The van der Waals surface area contributed by atoms with Crippen LogP contribution in [0.2, 0.25) is 0 Å². The molecule has 3 nitrogen and oxygen atoms in total. The largest absolute Gasteiger partial charge is 0.493 e. The molecule has 0 bridgehead atoms. The molecule has 0 amide bonds. The van der Waals surface area contributed by atoms with Gasteiger partial charge in [0.25, 0.3) is 0 Å². The molecular formula is C18H28N2O. The van der Waals surface area contributed by atoms with E-state index in [0.29, 0.717) is 6.04 Å². The number of benzene rings is 1. The number of fused-ring (bicyclic) bond motifs is 1. The topological polar surface area (TPSA) is 47.3 Å². The fourth-order valence-corrected chi connectivity index (χ4v) is 3.83. The Hall–Kier alpha value is -1.06. The molecular weight excluding hydrogens is 260 g/mol. The van der Waals surface area contributed by atoms with Crippen molar-refractivity contribution in [3.63, 3.8) is 0 Å². The van der Waals surface area contributed by atoms with Gasteiger partial charge in [-0.15, -0.1) is 0 Å². The first-order valence-corrected chi connectivity index (χ1v) is 8.56.